The first kappa shape index (κ1) is 19.1. The Morgan fingerprint density at radius 1 is 1.00 bits per heavy atom. The number of amidine groups is 1. The van der Waals surface area contributed by atoms with Gasteiger partial charge in [-0.3, -0.25) is 20.3 Å². The van der Waals surface area contributed by atoms with E-state index in [2.05, 4.69) is 10.4 Å². The maximum atomic E-state index is 13.1. The van der Waals surface area contributed by atoms with Gasteiger partial charge in [-0.15, -0.1) is 0 Å². The van der Waals surface area contributed by atoms with E-state index in [4.69, 9.17) is 0 Å². The lowest BCUT2D eigenvalue weighted by atomic mass is 10.1. The van der Waals surface area contributed by atoms with Crippen molar-refractivity contribution in [2.75, 3.05) is 5.43 Å². The predicted octanol–water partition coefficient (Wildman–Crippen LogP) is 4.56. The molecule has 0 bridgehead atoms. The maximum absolute atomic E-state index is 13.1. The topological polar surface area (TPSA) is 87.8 Å². The summed E-state index contributed by atoms with van der Waals surface area (Å²) in [5.41, 5.74) is 6.39. The maximum Gasteiger partial charge on any atom is 0.297 e. The van der Waals surface area contributed by atoms with Gasteiger partial charge in [0.1, 0.15) is 5.70 Å². The van der Waals surface area contributed by atoms with Crippen LogP contribution in [0.3, 0.4) is 0 Å². The SMILES string of the molecule is Cc1ccc(C2=NC(=Cc3cccc([N+](=O)[O-])c3)C(=O)N2Nc2ccccc2)cc1. The second kappa shape index (κ2) is 8.00. The van der Waals surface area contributed by atoms with Gasteiger partial charge in [-0.1, -0.05) is 60.2 Å². The number of hydrogen-bond donors (Lipinski definition) is 1. The summed E-state index contributed by atoms with van der Waals surface area (Å²) in [4.78, 5) is 28.2. The first-order chi connectivity index (χ1) is 14.5. The molecule has 30 heavy (non-hydrogen) atoms. The van der Waals surface area contributed by atoms with Crippen LogP contribution in [0.1, 0.15) is 16.7 Å². The van der Waals surface area contributed by atoms with Gasteiger partial charge in [-0.05, 0) is 30.7 Å². The summed E-state index contributed by atoms with van der Waals surface area (Å²) in [5, 5.41) is 12.4. The Hall–Kier alpha value is -4.26. The largest absolute Gasteiger partial charge is 0.297 e. The number of nitrogens with one attached hydrogen (secondary N) is 1. The van der Waals surface area contributed by atoms with E-state index in [0.29, 0.717) is 11.4 Å². The van der Waals surface area contributed by atoms with Crippen molar-refractivity contribution in [3.05, 3.63) is 111 Å². The molecule has 0 spiro atoms. The van der Waals surface area contributed by atoms with E-state index in [1.807, 2.05) is 61.5 Å². The molecule has 3 aromatic carbocycles. The average Bonchev–Trinajstić information content (AvgIpc) is 3.05. The summed E-state index contributed by atoms with van der Waals surface area (Å²) in [6, 6.07) is 23.1. The summed E-state index contributed by atoms with van der Waals surface area (Å²) in [6.45, 7) is 1.99. The van der Waals surface area contributed by atoms with Crippen LogP contribution < -0.4 is 5.43 Å². The van der Waals surface area contributed by atoms with Gasteiger partial charge in [-0.25, -0.2) is 4.99 Å². The highest BCUT2D eigenvalue weighted by atomic mass is 16.6. The van der Waals surface area contributed by atoms with Gasteiger partial charge in [0.25, 0.3) is 11.6 Å². The van der Waals surface area contributed by atoms with Crippen molar-refractivity contribution in [1.29, 1.82) is 0 Å². The Labute approximate surface area is 173 Å². The van der Waals surface area contributed by atoms with Crippen molar-refractivity contribution < 1.29 is 9.72 Å². The van der Waals surface area contributed by atoms with Crippen LogP contribution in [0.2, 0.25) is 0 Å². The Bertz CT molecular complexity index is 1170. The van der Waals surface area contributed by atoms with Gasteiger partial charge in [0.15, 0.2) is 5.84 Å². The molecule has 0 unspecified atom stereocenters. The zero-order valence-corrected chi connectivity index (χ0v) is 16.1. The number of nitro benzene ring substituents is 1. The van der Waals surface area contributed by atoms with Gasteiger partial charge < -0.3 is 0 Å². The molecule has 1 heterocycles. The number of para-hydroxylation sites is 1. The Kier molecular flexibility index (Phi) is 5.09. The van der Waals surface area contributed by atoms with Crippen LogP contribution >= 0.6 is 0 Å². The predicted molar refractivity (Wildman–Crippen MR) is 116 cm³/mol. The second-order valence-corrected chi connectivity index (χ2v) is 6.80. The smallest absolute Gasteiger partial charge is 0.290 e. The lowest BCUT2D eigenvalue weighted by Gasteiger charge is -2.20. The van der Waals surface area contributed by atoms with Crippen molar-refractivity contribution in [2.24, 2.45) is 4.99 Å². The molecule has 1 amide bonds. The van der Waals surface area contributed by atoms with Gasteiger partial charge >= 0.3 is 0 Å². The lowest BCUT2D eigenvalue weighted by molar-refractivity contribution is -0.384. The van der Waals surface area contributed by atoms with E-state index < -0.39 is 4.92 Å². The number of carbonyl (C=O) groups is 1. The van der Waals surface area contributed by atoms with Crippen molar-refractivity contribution in [1.82, 2.24) is 5.01 Å². The Balaban J connectivity index is 1.74. The van der Waals surface area contributed by atoms with Crippen molar-refractivity contribution >= 4 is 29.2 Å². The Morgan fingerprint density at radius 3 is 2.43 bits per heavy atom. The zero-order chi connectivity index (χ0) is 21.1. The highest BCUT2D eigenvalue weighted by Crippen LogP contribution is 2.24. The van der Waals surface area contributed by atoms with Gasteiger partial charge in [0.2, 0.25) is 0 Å². The summed E-state index contributed by atoms with van der Waals surface area (Å²) < 4.78 is 0. The number of aryl methyl sites for hydroxylation is 1. The number of benzene rings is 3. The number of anilines is 1. The molecule has 0 saturated heterocycles. The quantitative estimate of drug-likeness (QED) is 0.388. The van der Waals surface area contributed by atoms with E-state index in [-0.39, 0.29) is 17.3 Å². The van der Waals surface area contributed by atoms with E-state index in [1.54, 1.807) is 18.2 Å². The highest BCUT2D eigenvalue weighted by molar-refractivity contribution is 6.20. The number of non-ortho nitro benzene ring substituents is 1. The molecule has 1 N–H and O–H groups in total. The fraction of sp³-hybridized carbons (Fsp3) is 0.0435. The summed E-state index contributed by atoms with van der Waals surface area (Å²) in [5.74, 6) is 0.112. The number of nitrogens with zero attached hydrogens (tertiary/aromatic N) is 3. The third kappa shape index (κ3) is 3.95. The average molecular weight is 398 g/mol. The fourth-order valence-electron chi connectivity index (χ4n) is 3.04. The van der Waals surface area contributed by atoms with Crippen LogP contribution in [0, 0.1) is 17.0 Å². The molecule has 0 saturated carbocycles. The summed E-state index contributed by atoms with van der Waals surface area (Å²) in [6.07, 6.45) is 1.55. The minimum atomic E-state index is -0.470. The monoisotopic (exact) mass is 398 g/mol. The lowest BCUT2D eigenvalue weighted by Crippen LogP contribution is -2.37. The van der Waals surface area contributed by atoms with Gasteiger partial charge in [0, 0.05) is 17.7 Å². The molecule has 0 aliphatic carbocycles. The minimum absolute atomic E-state index is 0.0446. The molecule has 0 fully saturated rings. The number of hydrazine groups is 1. The normalized spacial score (nSPS) is 14.7. The molecule has 1 aliphatic heterocycles. The van der Waals surface area contributed by atoms with Crippen molar-refractivity contribution in [3.63, 3.8) is 0 Å². The number of carbonyl (C=O) groups excluding carboxylic acids is 1. The Morgan fingerprint density at radius 2 is 1.73 bits per heavy atom. The van der Waals surface area contributed by atoms with Crippen LogP contribution in [0.15, 0.2) is 89.6 Å². The number of nitro groups is 1. The number of aliphatic imine (C=N–C) groups is 1. The molecule has 7 nitrogen and oxygen atoms in total. The molecular weight excluding hydrogens is 380 g/mol. The van der Waals surface area contributed by atoms with Gasteiger partial charge in [0.05, 0.1) is 10.6 Å². The van der Waals surface area contributed by atoms with Crippen LogP contribution in [0.25, 0.3) is 6.08 Å². The first-order valence-corrected chi connectivity index (χ1v) is 9.29. The van der Waals surface area contributed by atoms with Gasteiger partial charge in [-0.2, -0.15) is 5.01 Å². The second-order valence-electron chi connectivity index (χ2n) is 6.80. The third-order valence-corrected chi connectivity index (χ3v) is 4.57. The molecule has 3 aromatic rings. The van der Waals surface area contributed by atoms with Crippen molar-refractivity contribution in [3.8, 4) is 0 Å². The fourth-order valence-corrected chi connectivity index (χ4v) is 3.04. The van der Waals surface area contributed by atoms with Crippen LogP contribution in [-0.4, -0.2) is 21.7 Å². The third-order valence-electron chi connectivity index (χ3n) is 4.57. The van der Waals surface area contributed by atoms with Crippen LogP contribution in [0.4, 0.5) is 11.4 Å². The number of rotatable bonds is 5. The zero-order valence-electron chi connectivity index (χ0n) is 16.1. The van der Waals surface area contributed by atoms with E-state index in [0.717, 1.165) is 16.8 Å². The molecule has 7 heteroatoms. The van der Waals surface area contributed by atoms with Crippen molar-refractivity contribution in [2.45, 2.75) is 6.92 Å². The van der Waals surface area contributed by atoms with E-state index in [1.165, 1.54) is 17.1 Å². The minimum Gasteiger partial charge on any atom is -0.290 e. The first-order valence-electron chi connectivity index (χ1n) is 9.29. The van der Waals surface area contributed by atoms with E-state index >= 15 is 0 Å². The molecular formula is C23H18N4O3. The van der Waals surface area contributed by atoms with Crippen LogP contribution in [0.5, 0.6) is 0 Å². The molecule has 4 rings (SSSR count). The molecule has 0 aromatic heterocycles. The highest BCUT2D eigenvalue weighted by Gasteiger charge is 2.31. The molecule has 1 aliphatic rings. The molecule has 148 valence electrons. The molecule has 0 atom stereocenters. The standard InChI is InChI=1S/C23H18N4O3/c1-16-10-12-18(13-11-16)22-24-21(15-17-6-5-9-20(14-17)27(29)30)23(28)26(22)25-19-7-3-2-4-8-19/h2-15,25H,1H3. The number of amides is 1. The number of hydrogen-bond acceptors (Lipinski definition) is 5. The van der Waals surface area contributed by atoms with Crippen LogP contribution in [-0.2, 0) is 4.79 Å². The summed E-state index contributed by atoms with van der Waals surface area (Å²) in [7, 11) is 0. The molecule has 0 radical (unpaired) electrons. The summed E-state index contributed by atoms with van der Waals surface area (Å²) >= 11 is 0. The van der Waals surface area contributed by atoms with E-state index in [9.17, 15) is 14.9 Å².